The highest BCUT2D eigenvalue weighted by molar-refractivity contribution is 5.49. The third-order valence-corrected chi connectivity index (χ3v) is 5.04. The number of hydrogen-bond donors (Lipinski definition) is 1. The average molecular weight is 374 g/mol. The van der Waals surface area contributed by atoms with Crippen LogP contribution in [0.15, 0.2) is 66.9 Å². The number of aryl methyl sites for hydroxylation is 1. The molecule has 0 unspecified atom stereocenters. The summed E-state index contributed by atoms with van der Waals surface area (Å²) in [5.74, 6) is 1.50. The van der Waals surface area contributed by atoms with Gasteiger partial charge in [-0.15, -0.1) is 5.10 Å². The van der Waals surface area contributed by atoms with Crippen molar-refractivity contribution in [3.63, 3.8) is 0 Å². The van der Waals surface area contributed by atoms with E-state index in [1.807, 2.05) is 6.07 Å². The van der Waals surface area contributed by atoms with Gasteiger partial charge in [-0.2, -0.15) is 10.1 Å². The van der Waals surface area contributed by atoms with Crippen molar-refractivity contribution in [2.75, 3.05) is 47.8 Å². The second-order valence-electron chi connectivity index (χ2n) is 6.96. The topological polar surface area (TPSA) is 57.2 Å². The summed E-state index contributed by atoms with van der Waals surface area (Å²) in [5.41, 5.74) is 2.64. The normalized spacial score (nSPS) is 14.1. The van der Waals surface area contributed by atoms with Crippen LogP contribution in [0.5, 0.6) is 0 Å². The molecule has 0 spiro atoms. The number of rotatable bonds is 7. The van der Waals surface area contributed by atoms with Gasteiger partial charge >= 0.3 is 0 Å². The van der Waals surface area contributed by atoms with Crippen LogP contribution < -0.4 is 15.1 Å². The molecule has 4 rings (SSSR count). The minimum absolute atomic E-state index is 0.607. The fourth-order valence-electron chi connectivity index (χ4n) is 3.49. The van der Waals surface area contributed by atoms with Gasteiger partial charge in [-0.05, 0) is 30.5 Å². The first-order valence-electron chi connectivity index (χ1n) is 9.91. The van der Waals surface area contributed by atoms with Crippen molar-refractivity contribution in [3.05, 3.63) is 72.4 Å². The molecule has 6 nitrogen and oxygen atoms in total. The summed E-state index contributed by atoms with van der Waals surface area (Å²) in [5, 5.41) is 11.6. The van der Waals surface area contributed by atoms with Crippen LogP contribution in [-0.4, -0.2) is 47.9 Å². The van der Waals surface area contributed by atoms with Crippen LogP contribution in [0.3, 0.4) is 0 Å². The van der Waals surface area contributed by atoms with Crippen LogP contribution in [-0.2, 0) is 6.42 Å². The molecule has 2 aromatic carbocycles. The van der Waals surface area contributed by atoms with Gasteiger partial charge in [0, 0.05) is 38.4 Å². The summed E-state index contributed by atoms with van der Waals surface area (Å²) in [6.45, 7) is 4.66. The summed E-state index contributed by atoms with van der Waals surface area (Å²) < 4.78 is 0. The van der Waals surface area contributed by atoms with E-state index in [9.17, 15) is 0 Å². The maximum Gasteiger partial charge on any atom is 0.244 e. The van der Waals surface area contributed by atoms with Gasteiger partial charge in [0.2, 0.25) is 5.95 Å². The summed E-state index contributed by atoms with van der Waals surface area (Å²) in [4.78, 5) is 9.35. The molecule has 0 amide bonds. The Balaban J connectivity index is 1.27. The SMILES string of the molecule is c1ccc(CCCNc2nncc(N3CCN(c4ccccc4)CC3)n2)cc1. The van der Waals surface area contributed by atoms with Crippen LogP contribution in [0, 0.1) is 0 Å². The monoisotopic (exact) mass is 374 g/mol. The van der Waals surface area contributed by atoms with E-state index in [-0.39, 0.29) is 0 Å². The number of hydrogen-bond acceptors (Lipinski definition) is 6. The quantitative estimate of drug-likeness (QED) is 0.641. The van der Waals surface area contributed by atoms with E-state index in [0.717, 1.165) is 51.4 Å². The molecule has 0 bridgehead atoms. The van der Waals surface area contributed by atoms with Gasteiger partial charge in [-0.25, -0.2) is 0 Å². The van der Waals surface area contributed by atoms with E-state index < -0.39 is 0 Å². The molecule has 3 aromatic rings. The Bertz CT molecular complexity index is 847. The standard InChI is InChI=1S/C22H26N6/c1-3-8-19(9-4-1)10-7-13-23-22-25-21(18-24-26-22)28-16-14-27(15-17-28)20-11-5-2-6-12-20/h1-6,8-9,11-12,18H,7,10,13-17H2,(H,23,25,26). The minimum atomic E-state index is 0.607. The van der Waals surface area contributed by atoms with E-state index in [4.69, 9.17) is 0 Å². The zero-order valence-corrected chi connectivity index (χ0v) is 16.0. The van der Waals surface area contributed by atoms with Gasteiger partial charge in [0.15, 0.2) is 5.82 Å². The Morgan fingerprint density at radius 2 is 1.50 bits per heavy atom. The maximum absolute atomic E-state index is 4.66. The zero-order chi connectivity index (χ0) is 19.0. The zero-order valence-electron chi connectivity index (χ0n) is 16.0. The van der Waals surface area contributed by atoms with E-state index >= 15 is 0 Å². The van der Waals surface area contributed by atoms with Crippen LogP contribution in [0.2, 0.25) is 0 Å². The third-order valence-electron chi connectivity index (χ3n) is 5.04. The molecule has 0 radical (unpaired) electrons. The maximum atomic E-state index is 4.66. The van der Waals surface area contributed by atoms with Crippen molar-refractivity contribution in [2.24, 2.45) is 0 Å². The molecule has 1 saturated heterocycles. The van der Waals surface area contributed by atoms with E-state index in [1.54, 1.807) is 6.20 Å². The van der Waals surface area contributed by atoms with Crippen molar-refractivity contribution in [1.29, 1.82) is 0 Å². The molecule has 144 valence electrons. The summed E-state index contributed by atoms with van der Waals surface area (Å²) in [6.07, 6.45) is 3.84. The molecule has 2 heterocycles. The second kappa shape index (κ2) is 9.17. The van der Waals surface area contributed by atoms with Gasteiger partial charge in [0.1, 0.15) is 0 Å². The van der Waals surface area contributed by atoms with Crippen LogP contribution >= 0.6 is 0 Å². The largest absolute Gasteiger partial charge is 0.368 e. The molecule has 1 aromatic heterocycles. The Morgan fingerprint density at radius 3 is 2.25 bits per heavy atom. The molecular weight excluding hydrogens is 348 g/mol. The third kappa shape index (κ3) is 4.76. The van der Waals surface area contributed by atoms with E-state index in [2.05, 4.69) is 84.9 Å². The highest BCUT2D eigenvalue weighted by Crippen LogP contribution is 2.19. The first-order valence-corrected chi connectivity index (χ1v) is 9.91. The highest BCUT2D eigenvalue weighted by Gasteiger charge is 2.19. The molecular formula is C22H26N6. The molecule has 0 aliphatic carbocycles. The Labute approximate surface area is 166 Å². The average Bonchev–Trinajstić information content (AvgIpc) is 2.78. The van der Waals surface area contributed by atoms with Gasteiger partial charge in [0.25, 0.3) is 0 Å². The smallest absolute Gasteiger partial charge is 0.244 e. The Morgan fingerprint density at radius 1 is 0.821 bits per heavy atom. The predicted octanol–water partition coefficient (Wildman–Crippen LogP) is 3.24. The van der Waals surface area contributed by atoms with Crippen molar-refractivity contribution in [2.45, 2.75) is 12.8 Å². The number of aromatic nitrogens is 3. The van der Waals surface area contributed by atoms with E-state index in [0.29, 0.717) is 5.95 Å². The minimum Gasteiger partial charge on any atom is -0.368 e. The fourth-order valence-corrected chi connectivity index (χ4v) is 3.49. The van der Waals surface area contributed by atoms with Crippen LogP contribution in [0.4, 0.5) is 17.5 Å². The van der Waals surface area contributed by atoms with Crippen LogP contribution in [0.25, 0.3) is 0 Å². The van der Waals surface area contributed by atoms with Crippen molar-refractivity contribution < 1.29 is 0 Å². The highest BCUT2D eigenvalue weighted by atomic mass is 15.3. The predicted molar refractivity (Wildman–Crippen MR) is 114 cm³/mol. The second-order valence-corrected chi connectivity index (χ2v) is 6.96. The number of piperazine rings is 1. The number of para-hydroxylation sites is 1. The molecule has 1 aliphatic rings. The van der Waals surface area contributed by atoms with Crippen molar-refractivity contribution in [3.8, 4) is 0 Å². The molecule has 1 N–H and O–H groups in total. The molecule has 28 heavy (non-hydrogen) atoms. The van der Waals surface area contributed by atoms with Crippen molar-refractivity contribution in [1.82, 2.24) is 15.2 Å². The Hall–Kier alpha value is -3.15. The van der Waals surface area contributed by atoms with E-state index in [1.165, 1.54) is 11.3 Å². The van der Waals surface area contributed by atoms with Gasteiger partial charge in [-0.3, -0.25) is 0 Å². The lowest BCUT2D eigenvalue weighted by Gasteiger charge is -2.36. The molecule has 0 saturated carbocycles. The lowest BCUT2D eigenvalue weighted by molar-refractivity contribution is 0.644. The number of nitrogens with one attached hydrogen (secondary N) is 1. The van der Waals surface area contributed by atoms with Gasteiger partial charge < -0.3 is 15.1 Å². The Kier molecular flexibility index (Phi) is 5.97. The number of nitrogens with zero attached hydrogens (tertiary/aromatic N) is 5. The lowest BCUT2D eigenvalue weighted by atomic mass is 10.1. The summed E-state index contributed by atoms with van der Waals surface area (Å²) in [7, 11) is 0. The lowest BCUT2D eigenvalue weighted by Crippen LogP contribution is -2.46. The van der Waals surface area contributed by atoms with Gasteiger partial charge in [0.05, 0.1) is 6.20 Å². The van der Waals surface area contributed by atoms with Gasteiger partial charge in [-0.1, -0.05) is 48.5 Å². The van der Waals surface area contributed by atoms with Crippen LogP contribution in [0.1, 0.15) is 12.0 Å². The first kappa shape index (κ1) is 18.2. The summed E-state index contributed by atoms with van der Waals surface area (Å²) in [6, 6.07) is 21.1. The fraction of sp³-hybridized carbons (Fsp3) is 0.318. The number of benzene rings is 2. The molecule has 1 aliphatic heterocycles. The molecule has 0 atom stereocenters. The first-order chi connectivity index (χ1) is 13.9. The molecule has 6 heteroatoms. The van der Waals surface area contributed by atoms with Crippen molar-refractivity contribution >= 4 is 17.5 Å². The molecule has 1 fully saturated rings. The summed E-state index contributed by atoms with van der Waals surface area (Å²) >= 11 is 0. The number of anilines is 3.